The molecule has 3 heteroatoms. The van der Waals surface area contributed by atoms with Crippen LogP contribution < -0.4 is 0 Å². The fraction of sp³-hybridized carbons (Fsp3) is 0.0833. The summed E-state index contributed by atoms with van der Waals surface area (Å²) in [5.74, 6) is 0.0463. The number of ketones is 1. The van der Waals surface area contributed by atoms with Gasteiger partial charge in [0, 0.05) is 5.56 Å². The third kappa shape index (κ3) is 2.11. The quantitative estimate of drug-likeness (QED) is 0.722. The van der Waals surface area contributed by atoms with Crippen LogP contribution in [0.4, 0.5) is 0 Å². The Balaban J connectivity index is 2.41. The van der Waals surface area contributed by atoms with Crippen LogP contribution >= 0.6 is 22.9 Å². The molecule has 0 aliphatic heterocycles. The summed E-state index contributed by atoms with van der Waals surface area (Å²) in [6, 6.07) is 11.1. The molecule has 1 heterocycles. The van der Waals surface area contributed by atoms with Gasteiger partial charge in [0.05, 0.1) is 9.21 Å². The number of thiophene rings is 1. The summed E-state index contributed by atoms with van der Waals surface area (Å²) in [7, 11) is 0. The summed E-state index contributed by atoms with van der Waals surface area (Å²) in [5.41, 5.74) is 1.74. The first-order chi connectivity index (χ1) is 7.18. The molecule has 15 heavy (non-hydrogen) atoms. The Labute approximate surface area is 97.3 Å². The van der Waals surface area contributed by atoms with Gasteiger partial charge in [-0.15, -0.1) is 11.3 Å². The molecule has 1 nitrogen and oxygen atoms in total. The van der Waals surface area contributed by atoms with E-state index in [0.717, 1.165) is 11.1 Å². The van der Waals surface area contributed by atoms with Gasteiger partial charge in [0.25, 0.3) is 0 Å². The molecule has 0 aliphatic carbocycles. The monoisotopic (exact) mass is 236 g/mol. The zero-order valence-electron chi connectivity index (χ0n) is 8.16. The van der Waals surface area contributed by atoms with Crippen molar-refractivity contribution in [2.75, 3.05) is 0 Å². The summed E-state index contributed by atoms with van der Waals surface area (Å²) >= 11 is 7.11. The van der Waals surface area contributed by atoms with Crippen LogP contribution in [0.25, 0.3) is 0 Å². The van der Waals surface area contributed by atoms with Crippen LogP contribution in [-0.2, 0) is 0 Å². The molecule has 0 bridgehead atoms. The molecule has 0 spiro atoms. The number of rotatable bonds is 2. The van der Waals surface area contributed by atoms with Crippen LogP contribution in [-0.4, -0.2) is 5.78 Å². The first kappa shape index (κ1) is 10.4. The van der Waals surface area contributed by atoms with Crippen molar-refractivity contribution in [3.63, 3.8) is 0 Å². The lowest BCUT2D eigenvalue weighted by Crippen LogP contribution is -2.00. The smallest absolute Gasteiger partial charge is 0.203 e. The third-order valence-electron chi connectivity index (χ3n) is 2.19. The molecule has 0 saturated heterocycles. The molecule has 2 aromatic rings. The highest BCUT2D eigenvalue weighted by molar-refractivity contribution is 7.18. The minimum atomic E-state index is 0.0463. The Morgan fingerprint density at radius 2 is 1.93 bits per heavy atom. The van der Waals surface area contributed by atoms with E-state index in [1.165, 1.54) is 11.3 Å². The Bertz CT molecular complexity index is 502. The highest BCUT2D eigenvalue weighted by Gasteiger charge is 2.12. The molecular formula is C12H9ClOS. The fourth-order valence-electron chi connectivity index (χ4n) is 1.40. The van der Waals surface area contributed by atoms with E-state index in [2.05, 4.69) is 0 Å². The number of halogens is 1. The van der Waals surface area contributed by atoms with Gasteiger partial charge in [0.15, 0.2) is 0 Å². The Morgan fingerprint density at radius 1 is 1.20 bits per heavy atom. The van der Waals surface area contributed by atoms with Crippen LogP contribution in [0.15, 0.2) is 36.4 Å². The van der Waals surface area contributed by atoms with Gasteiger partial charge in [-0.25, -0.2) is 0 Å². The number of carbonyl (C=O) groups excluding carboxylic acids is 1. The van der Waals surface area contributed by atoms with Gasteiger partial charge < -0.3 is 0 Å². The zero-order chi connectivity index (χ0) is 10.8. The molecule has 0 amide bonds. The SMILES string of the molecule is Cc1ccccc1C(=O)c1ccc(Cl)s1. The minimum absolute atomic E-state index is 0.0463. The van der Waals surface area contributed by atoms with Crippen molar-refractivity contribution >= 4 is 28.7 Å². The van der Waals surface area contributed by atoms with E-state index in [4.69, 9.17) is 11.6 Å². The van der Waals surface area contributed by atoms with Gasteiger partial charge in [-0.1, -0.05) is 35.9 Å². The van der Waals surface area contributed by atoms with E-state index < -0.39 is 0 Å². The Hall–Kier alpha value is -1.12. The van der Waals surface area contributed by atoms with Crippen molar-refractivity contribution in [3.8, 4) is 0 Å². The lowest BCUT2D eigenvalue weighted by molar-refractivity contribution is 0.104. The number of aryl methyl sites for hydroxylation is 1. The van der Waals surface area contributed by atoms with Crippen LogP contribution in [0.1, 0.15) is 20.8 Å². The second-order valence-electron chi connectivity index (χ2n) is 3.25. The van der Waals surface area contributed by atoms with Crippen LogP contribution in [0.2, 0.25) is 4.34 Å². The lowest BCUT2D eigenvalue weighted by Gasteiger charge is -2.01. The van der Waals surface area contributed by atoms with Crippen molar-refractivity contribution in [1.29, 1.82) is 0 Å². The second kappa shape index (κ2) is 4.17. The summed E-state index contributed by atoms with van der Waals surface area (Å²) in [6.45, 7) is 1.93. The molecule has 0 saturated carbocycles. The molecule has 0 radical (unpaired) electrons. The molecule has 76 valence electrons. The van der Waals surface area contributed by atoms with Crippen LogP contribution in [0.5, 0.6) is 0 Å². The maximum Gasteiger partial charge on any atom is 0.203 e. The average molecular weight is 237 g/mol. The van der Waals surface area contributed by atoms with Gasteiger partial charge >= 0.3 is 0 Å². The van der Waals surface area contributed by atoms with E-state index in [1.807, 2.05) is 31.2 Å². The Morgan fingerprint density at radius 3 is 2.53 bits per heavy atom. The molecule has 1 aromatic carbocycles. The predicted molar refractivity (Wildman–Crippen MR) is 63.9 cm³/mol. The molecule has 2 rings (SSSR count). The maximum absolute atomic E-state index is 12.0. The standard InChI is InChI=1S/C12H9ClOS/c1-8-4-2-3-5-9(8)12(14)10-6-7-11(13)15-10/h2-7H,1H3. The van der Waals surface area contributed by atoms with Crippen molar-refractivity contribution in [2.24, 2.45) is 0 Å². The highest BCUT2D eigenvalue weighted by atomic mass is 35.5. The first-order valence-corrected chi connectivity index (χ1v) is 5.73. The van der Waals surface area contributed by atoms with Gasteiger partial charge in [0.2, 0.25) is 5.78 Å². The van der Waals surface area contributed by atoms with Gasteiger partial charge in [-0.3, -0.25) is 4.79 Å². The number of carbonyl (C=O) groups is 1. The lowest BCUT2D eigenvalue weighted by atomic mass is 10.0. The molecule has 0 aliphatic rings. The third-order valence-corrected chi connectivity index (χ3v) is 3.42. The maximum atomic E-state index is 12.0. The van der Waals surface area contributed by atoms with Gasteiger partial charge in [-0.05, 0) is 24.6 Å². The molecule has 0 unspecified atom stereocenters. The molecule has 0 atom stereocenters. The van der Waals surface area contributed by atoms with E-state index in [9.17, 15) is 4.79 Å². The molecule has 0 N–H and O–H groups in total. The second-order valence-corrected chi connectivity index (χ2v) is 4.96. The summed E-state index contributed by atoms with van der Waals surface area (Å²) in [6.07, 6.45) is 0. The van der Waals surface area contributed by atoms with E-state index in [1.54, 1.807) is 12.1 Å². The van der Waals surface area contributed by atoms with Crippen LogP contribution in [0, 0.1) is 6.92 Å². The average Bonchev–Trinajstić information content (AvgIpc) is 2.65. The van der Waals surface area contributed by atoms with Crippen molar-refractivity contribution in [2.45, 2.75) is 6.92 Å². The minimum Gasteiger partial charge on any atom is -0.288 e. The van der Waals surface area contributed by atoms with Crippen molar-refractivity contribution < 1.29 is 4.79 Å². The van der Waals surface area contributed by atoms with Gasteiger partial charge in [0.1, 0.15) is 0 Å². The number of hydrogen-bond donors (Lipinski definition) is 0. The Kier molecular flexibility index (Phi) is 2.89. The number of hydrogen-bond acceptors (Lipinski definition) is 2. The molecule has 1 aromatic heterocycles. The molecule has 0 fully saturated rings. The topological polar surface area (TPSA) is 17.1 Å². The van der Waals surface area contributed by atoms with Crippen LogP contribution in [0.3, 0.4) is 0 Å². The summed E-state index contributed by atoms with van der Waals surface area (Å²) < 4.78 is 0.645. The fourth-order valence-corrected chi connectivity index (χ4v) is 2.39. The zero-order valence-corrected chi connectivity index (χ0v) is 9.73. The summed E-state index contributed by atoms with van der Waals surface area (Å²) in [5, 5.41) is 0. The van der Waals surface area contributed by atoms with Crippen molar-refractivity contribution in [3.05, 3.63) is 56.7 Å². The highest BCUT2D eigenvalue weighted by Crippen LogP contribution is 2.24. The van der Waals surface area contributed by atoms with Crippen molar-refractivity contribution in [1.82, 2.24) is 0 Å². The van der Waals surface area contributed by atoms with Gasteiger partial charge in [-0.2, -0.15) is 0 Å². The molecular weight excluding hydrogens is 228 g/mol. The number of benzene rings is 1. The normalized spacial score (nSPS) is 10.3. The summed E-state index contributed by atoms with van der Waals surface area (Å²) in [4.78, 5) is 12.7. The van der Waals surface area contributed by atoms with E-state index in [0.29, 0.717) is 9.21 Å². The van der Waals surface area contributed by atoms with E-state index >= 15 is 0 Å². The predicted octanol–water partition coefficient (Wildman–Crippen LogP) is 3.94. The first-order valence-electron chi connectivity index (χ1n) is 4.54. The van der Waals surface area contributed by atoms with E-state index in [-0.39, 0.29) is 5.78 Å². The largest absolute Gasteiger partial charge is 0.288 e.